The summed E-state index contributed by atoms with van der Waals surface area (Å²) >= 11 is 7.85. The SMILES string of the molecule is Cc1nc(SCc2ccccc2Cl)nc2c1CCCC2. The van der Waals surface area contributed by atoms with Crippen LogP contribution in [0.2, 0.25) is 5.02 Å². The molecule has 2 aromatic rings. The van der Waals surface area contributed by atoms with Crippen LogP contribution in [0.4, 0.5) is 0 Å². The monoisotopic (exact) mass is 304 g/mol. The maximum absolute atomic E-state index is 6.18. The Balaban J connectivity index is 1.78. The van der Waals surface area contributed by atoms with Crippen LogP contribution in [-0.4, -0.2) is 9.97 Å². The van der Waals surface area contributed by atoms with Crippen LogP contribution in [0.15, 0.2) is 29.4 Å². The minimum absolute atomic E-state index is 0.815. The van der Waals surface area contributed by atoms with Gasteiger partial charge >= 0.3 is 0 Å². The lowest BCUT2D eigenvalue weighted by molar-refractivity contribution is 0.642. The van der Waals surface area contributed by atoms with Gasteiger partial charge in [0.25, 0.3) is 0 Å². The second-order valence-electron chi connectivity index (χ2n) is 5.10. The molecule has 0 saturated heterocycles. The predicted molar refractivity (Wildman–Crippen MR) is 84.4 cm³/mol. The molecule has 0 aliphatic heterocycles. The van der Waals surface area contributed by atoms with Gasteiger partial charge in [-0.2, -0.15) is 0 Å². The average Bonchev–Trinajstić information content (AvgIpc) is 2.46. The van der Waals surface area contributed by atoms with E-state index in [0.717, 1.165) is 40.0 Å². The van der Waals surface area contributed by atoms with Gasteiger partial charge in [0.05, 0.1) is 0 Å². The number of nitrogens with zero attached hydrogens (tertiary/aromatic N) is 2. The lowest BCUT2D eigenvalue weighted by atomic mass is 9.95. The van der Waals surface area contributed by atoms with E-state index in [1.807, 2.05) is 18.2 Å². The molecule has 0 fully saturated rings. The summed E-state index contributed by atoms with van der Waals surface area (Å²) in [7, 11) is 0. The number of hydrogen-bond donors (Lipinski definition) is 0. The fourth-order valence-electron chi connectivity index (χ4n) is 2.58. The van der Waals surface area contributed by atoms with Crippen molar-refractivity contribution in [2.24, 2.45) is 0 Å². The minimum atomic E-state index is 0.815. The van der Waals surface area contributed by atoms with Gasteiger partial charge < -0.3 is 0 Å². The fourth-order valence-corrected chi connectivity index (χ4v) is 3.77. The van der Waals surface area contributed by atoms with Crippen LogP contribution in [-0.2, 0) is 18.6 Å². The van der Waals surface area contributed by atoms with Crippen LogP contribution < -0.4 is 0 Å². The highest BCUT2D eigenvalue weighted by atomic mass is 35.5. The Hall–Kier alpha value is -1.06. The van der Waals surface area contributed by atoms with Crippen LogP contribution in [0.3, 0.4) is 0 Å². The molecule has 0 amide bonds. The van der Waals surface area contributed by atoms with Gasteiger partial charge in [0, 0.05) is 22.2 Å². The van der Waals surface area contributed by atoms with E-state index in [1.54, 1.807) is 11.8 Å². The van der Waals surface area contributed by atoms with Crippen molar-refractivity contribution >= 4 is 23.4 Å². The largest absolute Gasteiger partial charge is 0.228 e. The van der Waals surface area contributed by atoms with E-state index < -0.39 is 0 Å². The lowest BCUT2D eigenvalue weighted by Gasteiger charge is -2.17. The Morgan fingerprint density at radius 1 is 1.15 bits per heavy atom. The molecule has 0 radical (unpaired) electrons. The molecule has 104 valence electrons. The van der Waals surface area contributed by atoms with E-state index in [2.05, 4.69) is 18.0 Å². The Bertz CT molecular complexity index is 628. The minimum Gasteiger partial charge on any atom is -0.228 e. The van der Waals surface area contributed by atoms with Crippen LogP contribution in [0.25, 0.3) is 0 Å². The molecule has 0 saturated carbocycles. The first-order chi connectivity index (χ1) is 9.74. The number of aryl methyl sites for hydroxylation is 2. The number of rotatable bonds is 3. The molecule has 0 atom stereocenters. The molecule has 20 heavy (non-hydrogen) atoms. The fraction of sp³-hybridized carbons (Fsp3) is 0.375. The summed E-state index contributed by atoms with van der Waals surface area (Å²) in [4.78, 5) is 9.37. The molecular weight excluding hydrogens is 288 g/mol. The first-order valence-electron chi connectivity index (χ1n) is 6.96. The van der Waals surface area contributed by atoms with Gasteiger partial charge in [0.15, 0.2) is 5.16 Å². The first-order valence-corrected chi connectivity index (χ1v) is 8.33. The topological polar surface area (TPSA) is 25.8 Å². The highest BCUT2D eigenvalue weighted by Crippen LogP contribution is 2.28. The zero-order chi connectivity index (χ0) is 13.9. The summed E-state index contributed by atoms with van der Waals surface area (Å²) < 4.78 is 0. The number of aromatic nitrogens is 2. The van der Waals surface area contributed by atoms with E-state index in [-0.39, 0.29) is 0 Å². The standard InChI is InChI=1S/C16H17ClN2S/c1-11-13-7-3-5-9-15(13)19-16(18-11)20-10-12-6-2-4-8-14(12)17/h2,4,6,8H,3,5,7,9-10H2,1H3. The number of hydrogen-bond acceptors (Lipinski definition) is 3. The highest BCUT2D eigenvalue weighted by molar-refractivity contribution is 7.98. The molecule has 2 nitrogen and oxygen atoms in total. The van der Waals surface area contributed by atoms with Gasteiger partial charge in [0.1, 0.15) is 0 Å². The summed E-state index contributed by atoms with van der Waals surface area (Å²) in [5.74, 6) is 0.817. The number of fused-ring (bicyclic) bond motifs is 1. The van der Waals surface area contributed by atoms with E-state index in [4.69, 9.17) is 16.6 Å². The molecule has 0 unspecified atom stereocenters. The summed E-state index contributed by atoms with van der Waals surface area (Å²) in [6.45, 7) is 2.10. The van der Waals surface area contributed by atoms with E-state index >= 15 is 0 Å². The predicted octanol–water partition coefficient (Wildman–Crippen LogP) is 4.61. The van der Waals surface area contributed by atoms with Gasteiger partial charge in [0.2, 0.25) is 0 Å². The van der Waals surface area contributed by atoms with Crippen molar-refractivity contribution in [1.82, 2.24) is 9.97 Å². The second-order valence-corrected chi connectivity index (χ2v) is 6.45. The summed E-state index contributed by atoms with van der Waals surface area (Å²) in [5.41, 5.74) is 4.92. The molecule has 0 spiro atoms. The number of halogens is 1. The van der Waals surface area contributed by atoms with Crippen molar-refractivity contribution < 1.29 is 0 Å². The van der Waals surface area contributed by atoms with Crippen LogP contribution >= 0.6 is 23.4 Å². The maximum Gasteiger partial charge on any atom is 0.188 e. The average molecular weight is 305 g/mol. The normalized spacial score (nSPS) is 14.1. The van der Waals surface area contributed by atoms with Crippen molar-refractivity contribution in [2.45, 2.75) is 43.5 Å². The summed E-state index contributed by atoms with van der Waals surface area (Å²) in [6, 6.07) is 7.95. The lowest BCUT2D eigenvalue weighted by Crippen LogP contribution is -2.10. The Morgan fingerprint density at radius 2 is 1.95 bits per heavy atom. The molecule has 1 aromatic heterocycles. The van der Waals surface area contributed by atoms with E-state index in [1.165, 1.54) is 24.1 Å². The Kier molecular flexibility index (Phi) is 4.27. The van der Waals surface area contributed by atoms with Gasteiger partial charge in [-0.05, 0) is 49.8 Å². The van der Waals surface area contributed by atoms with E-state index in [0.29, 0.717) is 0 Å². The summed E-state index contributed by atoms with van der Waals surface area (Å²) in [5, 5.41) is 1.69. The quantitative estimate of drug-likeness (QED) is 0.612. The third kappa shape index (κ3) is 2.99. The molecular formula is C16H17ClN2S. The molecule has 1 aliphatic rings. The third-order valence-corrected chi connectivity index (χ3v) is 4.95. The molecule has 4 heteroatoms. The second kappa shape index (κ2) is 6.15. The van der Waals surface area contributed by atoms with Crippen molar-refractivity contribution in [3.8, 4) is 0 Å². The van der Waals surface area contributed by atoms with Gasteiger partial charge in [-0.15, -0.1) is 0 Å². The molecule has 1 aromatic carbocycles. The molecule has 0 bridgehead atoms. The smallest absolute Gasteiger partial charge is 0.188 e. The summed E-state index contributed by atoms with van der Waals surface area (Å²) in [6.07, 6.45) is 4.75. The van der Waals surface area contributed by atoms with Crippen molar-refractivity contribution in [1.29, 1.82) is 0 Å². The zero-order valence-corrected chi connectivity index (χ0v) is 13.1. The van der Waals surface area contributed by atoms with Crippen LogP contribution in [0, 0.1) is 6.92 Å². The maximum atomic E-state index is 6.18. The third-order valence-electron chi connectivity index (χ3n) is 3.68. The van der Waals surface area contributed by atoms with Crippen molar-refractivity contribution in [3.05, 3.63) is 51.8 Å². The van der Waals surface area contributed by atoms with Crippen molar-refractivity contribution in [2.75, 3.05) is 0 Å². The Morgan fingerprint density at radius 3 is 2.80 bits per heavy atom. The number of thioether (sulfide) groups is 1. The van der Waals surface area contributed by atoms with Crippen LogP contribution in [0.1, 0.15) is 35.4 Å². The highest BCUT2D eigenvalue weighted by Gasteiger charge is 2.15. The Labute approximate surface area is 129 Å². The van der Waals surface area contributed by atoms with Gasteiger partial charge in [-0.1, -0.05) is 41.6 Å². The molecule has 1 heterocycles. The molecule has 1 aliphatic carbocycles. The van der Waals surface area contributed by atoms with Crippen molar-refractivity contribution in [3.63, 3.8) is 0 Å². The van der Waals surface area contributed by atoms with Crippen LogP contribution in [0.5, 0.6) is 0 Å². The number of benzene rings is 1. The first kappa shape index (κ1) is 13.9. The van der Waals surface area contributed by atoms with Gasteiger partial charge in [-0.3, -0.25) is 0 Å². The van der Waals surface area contributed by atoms with E-state index in [9.17, 15) is 0 Å². The van der Waals surface area contributed by atoms with Gasteiger partial charge in [-0.25, -0.2) is 9.97 Å². The molecule has 3 rings (SSSR count). The zero-order valence-electron chi connectivity index (χ0n) is 11.5. The molecule has 0 N–H and O–H groups in total.